The summed E-state index contributed by atoms with van der Waals surface area (Å²) >= 11 is 9.97. The third-order valence-corrected chi connectivity index (χ3v) is 28.8. The van der Waals surface area contributed by atoms with Crippen molar-refractivity contribution in [3.05, 3.63) is 103 Å². The summed E-state index contributed by atoms with van der Waals surface area (Å²) in [5.41, 5.74) is 15.4. The second kappa shape index (κ2) is 36.0. The van der Waals surface area contributed by atoms with Gasteiger partial charge in [-0.25, -0.2) is 63.6 Å². The average Bonchev–Trinajstić information content (AvgIpc) is 1.59. The molecule has 0 saturated carbocycles. The number of imidazole rings is 3. The van der Waals surface area contributed by atoms with Crippen molar-refractivity contribution >= 4 is 104 Å². The first-order chi connectivity index (χ1) is 58.5. The Balaban J connectivity index is 0.000000125. The maximum atomic E-state index is 12.1. The number of nitrogen functional groups attached to an aromatic ring is 3. The second-order valence-electron chi connectivity index (χ2n) is 30.1. The molecule has 123 heavy (non-hydrogen) atoms. The van der Waals surface area contributed by atoms with Crippen molar-refractivity contribution in [2.24, 2.45) is 0 Å². The number of aryl methyl sites for hydroxylation is 2. The summed E-state index contributed by atoms with van der Waals surface area (Å²) in [6, 6.07) is 0. The standard InChI is InChI=1S/C14H20N5O6P.C14H20N5O5PS.C14H19N5O4.C13H19N2O8P.C13H19N2O7PS/c1-3-14-4-5-23-9(10(14)25-26(20,21)22-2)13(24-14)19-7-18-8-11(15)16-6-17-12(8)19;1-3-14-4-5-22-9(10(14)24-25(20,26)21-2)13(23-14)19-7-18-8-11(15)16-6-17-12(8)19;1-20-5-14-3-4-22-9(10(14)21-2)13(23-14)19-7-18-8-11(15)16-6-17-12(8)19;1-4-13-6-21-8(9(13)23-24(18,19)20-3)11(22-13)15-5-7(2)10(16)14-12(15)17;1-4-13-6-20-8(9(13)22-23(18,24)19-3)11(21-13)15-5-7(2)10(16)14-12(15)17/h6-7,9-10,13H,3-5H2,1-2H3,(H,20,21)(H2,15,16,17);6-7,9-10,13H,3-5H2,1-2H3,(H,20,26)(H2,15,16,17);6-7,9-10,13H,3-5H2,1-2H3,(H2,15,16,17);5,8-9,11H,4,6H2,1-3H3,(H,18,19)(H,14,16,17);5,8-9,11H,4,6H2,1-3H3,(H,18,24)(H,14,16,17)/t9-,10?,13+,14-;9-,10?,13+,14-,25?;9-,10?,13+,14+;8-,9?,11+,13-;8-,9?,11+,13-,23?/m00000/s1. The summed E-state index contributed by atoms with van der Waals surface area (Å²) in [6.45, 7) is 6.37. The number of rotatable bonds is 24. The number of H-pyrrole nitrogens is 2. The van der Waals surface area contributed by atoms with Crippen LogP contribution in [0.2, 0.25) is 0 Å². The normalized spacial score (nSPS) is 33.8. The second-order valence-corrected chi connectivity index (χ2v) is 38.9. The van der Waals surface area contributed by atoms with Crippen LogP contribution in [0.4, 0.5) is 17.5 Å². The van der Waals surface area contributed by atoms with E-state index in [1.54, 1.807) is 56.2 Å². The van der Waals surface area contributed by atoms with Crippen LogP contribution < -0.4 is 39.7 Å². The van der Waals surface area contributed by atoms with Crippen LogP contribution in [-0.4, -0.2) is 269 Å². The van der Waals surface area contributed by atoms with E-state index in [-0.39, 0.29) is 31.2 Å². The Morgan fingerprint density at radius 2 is 0.748 bits per heavy atom. The van der Waals surface area contributed by atoms with Gasteiger partial charge in [-0.2, -0.15) is 0 Å². The number of nitrogens with zero attached hydrogens (tertiary/aromatic N) is 14. The number of hydrogen-bond acceptors (Lipinski definition) is 40. The Kier molecular flexibility index (Phi) is 27.1. The lowest BCUT2D eigenvalue weighted by molar-refractivity contribution is -0.175. The highest BCUT2D eigenvalue weighted by Crippen LogP contribution is 2.60. The van der Waals surface area contributed by atoms with Crippen molar-refractivity contribution in [3.8, 4) is 0 Å². The number of fused-ring (bicyclic) bond motifs is 13. The van der Waals surface area contributed by atoms with Crippen molar-refractivity contribution in [1.29, 1.82) is 0 Å². The molecule has 0 amide bonds. The van der Waals surface area contributed by atoms with Gasteiger partial charge >= 0.3 is 40.5 Å². The van der Waals surface area contributed by atoms with Crippen LogP contribution in [0.25, 0.3) is 33.5 Å². The van der Waals surface area contributed by atoms with Gasteiger partial charge in [0.15, 0.2) is 65.5 Å². The zero-order chi connectivity index (χ0) is 88.5. The van der Waals surface area contributed by atoms with Gasteiger partial charge < -0.3 is 103 Å². The first-order valence-electron chi connectivity index (χ1n) is 38.7. The van der Waals surface area contributed by atoms with Crippen LogP contribution in [0.5, 0.6) is 0 Å². The predicted octanol–water partition coefficient (Wildman–Crippen LogP) is 2.48. The van der Waals surface area contributed by atoms with Gasteiger partial charge in [0.25, 0.3) is 11.1 Å². The molecule has 0 radical (unpaired) electrons. The highest BCUT2D eigenvalue weighted by atomic mass is 32.5. The third kappa shape index (κ3) is 17.3. The lowest BCUT2D eigenvalue weighted by atomic mass is 9.87. The number of methoxy groups -OCH3 is 2. The monoisotopic (exact) mass is 1850 g/mol. The zero-order valence-corrected chi connectivity index (χ0v) is 73.7. The van der Waals surface area contributed by atoms with Crippen LogP contribution in [0.3, 0.4) is 0 Å². The number of phosphoric ester groups is 2. The third-order valence-electron chi connectivity index (χ3n) is 23.6. The smallest absolute Gasteiger partial charge is 0.382 e. The van der Waals surface area contributed by atoms with Crippen molar-refractivity contribution in [2.75, 3.05) is 99.5 Å². The SMILES string of the molecule is CC[C@]12CCO[C@@H](C1OP(=O)(O)OC)[C@H](n1cnc3c(N)ncnc31)O2.CC[C@]12CCO[C@@H](C1OP(O)(=S)OC)[C@H](n1cnc3c(N)ncnc31)O2.CC[C@]12CO[C@@H](C1OP(=O)(O)OC)[C@H](n1cc(C)c(=O)[nH]c1=O)O2.CC[C@]12CO[C@@H](C1OP(O)(=S)OC)[C@H](n1cc(C)c(=O)[nH]c1=O)O2.COC[C@]12CCO[C@@H](C1OC)[C@H](n1cnc3c(N)ncnc31)O2. The molecule has 10 fully saturated rings. The van der Waals surface area contributed by atoms with Crippen molar-refractivity contribution in [2.45, 2.75) is 207 Å². The predicted molar refractivity (Wildman–Crippen MR) is 432 cm³/mol. The fourth-order valence-corrected chi connectivity index (χ4v) is 20.3. The van der Waals surface area contributed by atoms with Gasteiger partial charge in [-0.05, 0) is 63.1 Å². The van der Waals surface area contributed by atoms with Gasteiger partial charge in [-0.3, -0.25) is 69.5 Å². The van der Waals surface area contributed by atoms with Crippen LogP contribution >= 0.6 is 29.1 Å². The van der Waals surface area contributed by atoms with Gasteiger partial charge in [0.05, 0.1) is 58.6 Å². The topological polar surface area (TPSA) is 618 Å². The fraction of sp³-hybridized carbons (Fsp3) is 0.662. The number of anilines is 3. The number of hydrogen-bond donors (Lipinski definition) is 9. The van der Waals surface area contributed by atoms with Crippen molar-refractivity contribution in [3.63, 3.8) is 0 Å². The molecule has 10 aliphatic heterocycles. The zero-order valence-electron chi connectivity index (χ0n) is 68.5. The molecular weight excluding hydrogens is 1750 g/mol. The van der Waals surface area contributed by atoms with E-state index in [1.165, 1.54) is 54.7 Å². The van der Waals surface area contributed by atoms with E-state index in [1.807, 2.05) is 32.3 Å². The summed E-state index contributed by atoms with van der Waals surface area (Å²) in [5, 5.41) is 0. The number of aromatic nitrogens is 16. The molecule has 10 bridgehead atoms. The number of aromatic amines is 2. The van der Waals surface area contributed by atoms with Gasteiger partial charge in [0.2, 0.25) is 0 Å². The molecule has 12 N–H and O–H groups in total. The lowest BCUT2D eigenvalue weighted by Gasteiger charge is -2.38. The van der Waals surface area contributed by atoms with E-state index in [4.69, 9.17) is 125 Å². The van der Waals surface area contributed by atoms with Crippen LogP contribution in [0.15, 0.2) is 69.5 Å². The lowest BCUT2D eigenvalue weighted by Crippen LogP contribution is -2.52. The van der Waals surface area contributed by atoms with E-state index in [0.717, 1.165) is 14.2 Å². The molecule has 9 unspecified atom stereocenters. The molecule has 8 aromatic rings. The average molecular weight is 1850 g/mol. The molecule has 676 valence electrons. The van der Waals surface area contributed by atoms with E-state index in [9.17, 15) is 47.9 Å². The van der Waals surface area contributed by atoms with Gasteiger partial charge in [-0.1, -0.05) is 27.7 Å². The minimum atomic E-state index is -4.27. The summed E-state index contributed by atoms with van der Waals surface area (Å²) in [7, 11) is -0.397. The van der Waals surface area contributed by atoms with Gasteiger partial charge in [0.1, 0.15) is 125 Å². The van der Waals surface area contributed by atoms with Crippen LogP contribution in [0, 0.1) is 13.8 Å². The first-order valence-corrected chi connectivity index (χ1v) is 46.8. The molecule has 24 atom stereocenters. The largest absolute Gasteiger partial charge is 0.472 e. The summed E-state index contributed by atoms with van der Waals surface area (Å²) in [5.74, 6) is 0.886. The minimum absolute atomic E-state index is 0.163. The molecule has 18 rings (SSSR count). The van der Waals surface area contributed by atoms with Gasteiger partial charge in [0, 0.05) is 85.4 Å². The molecule has 0 aromatic carbocycles. The molecule has 10 saturated heterocycles. The molecule has 49 nitrogen and oxygen atoms in total. The minimum Gasteiger partial charge on any atom is -0.382 e. The van der Waals surface area contributed by atoms with Crippen LogP contribution in [0.1, 0.15) is 115 Å². The van der Waals surface area contributed by atoms with Crippen molar-refractivity contribution < 1.29 is 122 Å². The van der Waals surface area contributed by atoms with E-state index in [2.05, 4.69) is 63.9 Å². The maximum absolute atomic E-state index is 12.1. The van der Waals surface area contributed by atoms with Gasteiger partial charge in [-0.15, -0.1) is 0 Å². The molecule has 55 heteroatoms. The maximum Gasteiger partial charge on any atom is 0.472 e. The highest BCUT2D eigenvalue weighted by molar-refractivity contribution is 8.07. The summed E-state index contributed by atoms with van der Waals surface area (Å²) < 4.78 is 144. The summed E-state index contributed by atoms with van der Waals surface area (Å²) in [4.78, 5) is 129. The Bertz CT molecular complexity index is 5380. The Labute approximate surface area is 709 Å². The number of nitrogens with two attached hydrogens (primary N) is 3. The number of ether oxygens (including phenoxy) is 12. The first kappa shape index (κ1) is 92.4. The quantitative estimate of drug-likeness (QED) is 0.0392. The molecule has 0 aliphatic carbocycles. The number of nitrogens with one attached hydrogen (secondary N) is 2. The fourth-order valence-electron chi connectivity index (χ4n) is 17.0. The molecule has 18 heterocycles. The Hall–Kier alpha value is -6.79. The van der Waals surface area contributed by atoms with Crippen molar-refractivity contribution in [1.82, 2.24) is 77.7 Å². The summed E-state index contributed by atoms with van der Waals surface area (Å²) in [6.07, 6.45) is 6.49. The molecular formula is C68H97N19O30P4S2. The van der Waals surface area contributed by atoms with E-state index < -0.39 is 160 Å². The Morgan fingerprint density at radius 1 is 0.439 bits per heavy atom. The molecule has 10 aliphatic rings. The highest BCUT2D eigenvalue weighted by Gasteiger charge is 2.67. The van der Waals surface area contributed by atoms with E-state index in [0.29, 0.717) is 128 Å². The number of phosphoric acid groups is 2. The van der Waals surface area contributed by atoms with E-state index >= 15 is 0 Å². The van der Waals surface area contributed by atoms with Crippen LogP contribution in [-0.2, 0) is 126 Å². The Morgan fingerprint density at radius 3 is 1.09 bits per heavy atom. The molecule has 8 aromatic heterocycles. The molecule has 0 spiro atoms.